The number of pyridine rings is 4. The van der Waals surface area contributed by atoms with Crippen molar-refractivity contribution in [1.82, 2.24) is 19.5 Å². The molecule has 0 radical (unpaired) electrons. The van der Waals surface area contributed by atoms with Crippen LogP contribution in [-0.4, -0.2) is 39.0 Å². The third kappa shape index (κ3) is 4.68. The van der Waals surface area contributed by atoms with Crippen LogP contribution < -0.4 is 11.1 Å². The van der Waals surface area contributed by atoms with Crippen molar-refractivity contribution in [3.8, 4) is 0 Å². The Morgan fingerprint density at radius 2 is 1.63 bits per heavy atom. The first-order chi connectivity index (χ1) is 14.5. The second-order valence-electron chi connectivity index (χ2n) is 6.42. The quantitative estimate of drug-likeness (QED) is 0.507. The summed E-state index contributed by atoms with van der Waals surface area (Å²) in [5, 5.41) is 1.01. The topological polar surface area (TPSA) is 99.1 Å². The molecule has 8 nitrogen and oxygen atoms in total. The number of hydrogen-bond donors (Lipinski definition) is 1. The molecule has 154 valence electrons. The summed E-state index contributed by atoms with van der Waals surface area (Å²) >= 11 is 11.6. The molecular formula is C20H16Cl2N4O4. The summed E-state index contributed by atoms with van der Waals surface area (Å²) in [5.41, 5.74) is 2.54. The standard InChI is InChI=1S/C12H11ClN2O3.C8H5ClN2O/c13-8-5-10-9(14-6-8)1-2-11(16)15(10)7-12-17-3-4-18-12;9-5-3-7-6(10-4-5)1-2-8(12)11-7/h1-2,5-6,12H,3-4,7H2;1-4H,(H,11,12). The van der Waals surface area contributed by atoms with Gasteiger partial charge in [-0.15, -0.1) is 0 Å². The molecular weight excluding hydrogens is 431 g/mol. The molecule has 1 saturated heterocycles. The van der Waals surface area contributed by atoms with E-state index in [0.717, 1.165) is 11.0 Å². The summed E-state index contributed by atoms with van der Waals surface area (Å²) in [5.74, 6) is 0. The lowest BCUT2D eigenvalue weighted by Crippen LogP contribution is -2.27. The molecule has 0 spiro atoms. The molecule has 1 aliphatic heterocycles. The first-order valence-electron chi connectivity index (χ1n) is 9.02. The van der Waals surface area contributed by atoms with Crippen LogP contribution in [-0.2, 0) is 16.0 Å². The number of aromatic amines is 1. The summed E-state index contributed by atoms with van der Waals surface area (Å²) in [4.78, 5) is 33.6. The average molecular weight is 447 g/mol. The van der Waals surface area contributed by atoms with E-state index in [1.165, 1.54) is 12.1 Å². The zero-order valence-electron chi connectivity index (χ0n) is 15.5. The highest BCUT2D eigenvalue weighted by molar-refractivity contribution is 6.31. The van der Waals surface area contributed by atoms with Crippen LogP contribution in [0.15, 0.2) is 58.4 Å². The summed E-state index contributed by atoms with van der Waals surface area (Å²) in [6, 6.07) is 9.65. The van der Waals surface area contributed by atoms with E-state index >= 15 is 0 Å². The Hall–Kier alpha value is -2.78. The predicted molar refractivity (Wildman–Crippen MR) is 114 cm³/mol. The van der Waals surface area contributed by atoms with E-state index in [9.17, 15) is 9.59 Å². The Morgan fingerprint density at radius 3 is 2.40 bits per heavy atom. The van der Waals surface area contributed by atoms with Crippen molar-refractivity contribution in [2.45, 2.75) is 12.8 Å². The Morgan fingerprint density at radius 1 is 0.967 bits per heavy atom. The first-order valence-corrected chi connectivity index (χ1v) is 9.78. The van der Waals surface area contributed by atoms with E-state index < -0.39 is 0 Å². The maximum atomic E-state index is 11.9. The van der Waals surface area contributed by atoms with Crippen LogP contribution in [0.5, 0.6) is 0 Å². The van der Waals surface area contributed by atoms with Gasteiger partial charge in [-0.2, -0.15) is 0 Å². The van der Waals surface area contributed by atoms with Gasteiger partial charge >= 0.3 is 0 Å². The van der Waals surface area contributed by atoms with Gasteiger partial charge in [0, 0.05) is 24.5 Å². The Labute approximate surface area is 180 Å². The highest BCUT2D eigenvalue weighted by atomic mass is 35.5. The van der Waals surface area contributed by atoms with Crippen LogP contribution in [0.3, 0.4) is 0 Å². The number of aromatic nitrogens is 4. The molecule has 5 heterocycles. The Bertz CT molecular complexity index is 1320. The van der Waals surface area contributed by atoms with Gasteiger partial charge in [0.15, 0.2) is 6.29 Å². The number of rotatable bonds is 2. The van der Waals surface area contributed by atoms with E-state index in [-0.39, 0.29) is 17.4 Å². The molecule has 1 aliphatic rings. The fourth-order valence-corrected chi connectivity index (χ4v) is 3.31. The molecule has 1 fully saturated rings. The molecule has 10 heteroatoms. The van der Waals surface area contributed by atoms with E-state index in [4.69, 9.17) is 32.7 Å². The number of H-pyrrole nitrogens is 1. The van der Waals surface area contributed by atoms with Gasteiger partial charge in [-0.3, -0.25) is 19.6 Å². The maximum absolute atomic E-state index is 11.9. The van der Waals surface area contributed by atoms with Crippen molar-refractivity contribution in [2.75, 3.05) is 13.2 Å². The minimum absolute atomic E-state index is 0.120. The number of halogens is 2. The molecule has 4 aromatic heterocycles. The van der Waals surface area contributed by atoms with Crippen LogP contribution in [0.25, 0.3) is 22.1 Å². The van der Waals surface area contributed by atoms with Crippen LogP contribution in [0.2, 0.25) is 10.0 Å². The molecule has 0 bridgehead atoms. The summed E-state index contributed by atoms with van der Waals surface area (Å²) < 4.78 is 12.3. The monoisotopic (exact) mass is 446 g/mol. The second kappa shape index (κ2) is 8.93. The van der Waals surface area contributed by atoms with Gasteiger partial charge in [0.25, 0.3) is 5.56 Å². The van der Waals surface area contributed by atoms with E-state index in [1.807, 2.05) is 0 Å². The van der Waals surface area contributed by atoms with Gasteiger partial charge in [0.1, 0.15) is 0 Å². The SMILES string of the molecule is O=c1ccc2ncc(Cl)cc2[nH]1.O=c1ccc2ncc(Cl)cc2n1CC1OCCO1. The van der Waals surface area contributed by atoms with Crippen molar-refractivity contribution in [1.29, 1.82) is 0 Å². The number of nitrogens with zero attached hydrogens (tertiary/aromatic N) is 3. The lowest BCUT2D eigenvalue weighted by molar-refractivity contribution is -0.0522. The van der Waals surface area contributed by atoms with Gasteiger partial charge in [-0.25, -0.2) is 0 Å². The van der Waals surface area contributed by atoms with Gasteiger partial charge in [0.05, 0.1) is 51.9 Å². The van der Waals surface area contributed by atoms with Gasteiger partial charge < -0.3 is 19.0 Å². The highest BCUT2D eigenvalue weighted by Crippen LogP contribution is 2.16. The molecule has 0 aromatic carbocycles. The van der Waals surface area contributed by atoms with Gasteiger partial charge in [-0.1, -0.05) is 23.2 Å². The van der Waals surface area contributed by atoms with Crippen LogP contribution >= 0.6 is 23.2 Å². The molecule has 1 N–H and O–H groups in total. The fraction of sp³-hybridized carbons (Fsp3) is 0.200. The molecule has 0 atom stereocenters. The molecule has 0 unspecified atom stereocenters. The lowest BCUT2D eigenvalue weighted by atomic mass is 10.3. The second-order valence-corrected chi connectivity index (χ2v) is 7.29. The van der Waals surface area contributed by atoms with E-state index in [1.54, 1.807) is 41.2 Å². The molecule has 0 aliphatic carbocycles. The molecule has 4 aromatic rings. The maximum Gasteiger partial charge on any atom is 0.251 e. The molecule has 0 saturated carbocycles. The molecule has 5 rings (SSSR count). The van der Waals surface area contributed by atoms with Gasteiger partial charge in [-0.05, 0) is 24.3 Å². The average Bonchev–Trinajstić information content (AvgIpc) is 3.24. The largest absolute Gasteiger partial charge is 0.348 e. The molecule has 0 amide bonds. The summed E-state index contributed by atoms with van der Waals surface area (Å²) in [6.45, 7) is 1.46. The number of hydrogen-bond acceptors (Lipinski definition) is 6. The van der Waals surface area contributed by atoms with Crippen LogP contribution in [0, 0.1) is 0 Å². The van der Waals surface area contributed by atoms with Gasteiger partial charge in [0.2, 0.25) is 5.56 Å². The number of ether oxygens (including phenoxy) is 2. The Kier molecular flexibility index (Phi) is 6.10. The number of nitrogens with one attached hydrogen (secondary N) is 1. The van der Waals surface area contributed by atoms with Crippen molar-refractivity contribution in [3.63, 3.8) is 0 Å². The van der Waals surface area contributed by atoms with Crippen molar-refractivity contribution in [2.24, 2.45) is 0 Å². The van der Waals surface area contributed by atoms with E-state index in [2.05, 4.69) is 15.0 Å². The highest BCUT2D eigenvalue weighted by Gasteiger charge is 2.18. The zero-order valence-corrected chi connectivity index (χ0v) is 17.1. The minimum atomic E-state index is -0.382. The first kappa shape index (κ1) is 20.5. The minimum Gasteiger partial charge on any atom is -0.348 e. The van der Waals surface area contributed by atoms with Crippen LogP contribution in [0.1, 0.15) is 0 Å². The normalized spacial score (nSPS) is 14.1. The summed E-state index contributed by atoms with van der Waals surface area (Å²) in [7, 11) is 0. The van der Waals surface area contributed by atoms with Crippen molar-refractivity contribution < 1.29 is 9.47 Å². The van der Waals surface area contributed by atoms with Crippen LogP contribution in [0.4, 0.5) is 0 Å². The Balaban J connectivity index is 0.000000158. The number of fused-ring (bicyclic) bond motifs is 2. The lowest BCUT2D eigenvalue weighted by Gasteiger charge is -2.13. The smallest absolute Gasteiger partial charge is 0.251 e. The van der Waals surface area contributed by atoms with E-state index in [0.29, 0.717) is 40.8 Å². The summed E-state index contributed by atoms with van der Waals surface area (Å²) in [6.07, 6.45) is 2.72. The fourth-order valence-electron chi connectivity index (χ4n) is 3.00. The van der Waals surface area contributed by atoms with Crippen molar-refractivity contribution >= 4 is 45.3 Å². The molecule has 30 heavy (non-hydrogen) atoms. The zero-order chi connectivity index (χ0) is 21.1. The third-order valence-corrected chi connectivity index (χ3v) is 4.78. The predicted octanol–water partition coefficient (Wildman–Crippen LogP) is 3.00. The third-order valence-electron chi connectivity index (χ3n) is 4.36. The van der Waals surface area contributed by atoms with Crippen molar-refractivity contribution in [3.05, 3.63) is 79.5 Å².